The molecule has 0 aromatic heterocycles. The van der Waals surface area contributed by atoms with Gasteiger partial charge in [-0.3, -0.25) is 4.79 Å². The second kappa shape index (κ2) is 4.89. The quantitative estimate of drug-likeness (QED) is 0.403. The van der Waals surface area contributed by atoms with Crippen molar-refractivity contribution in [1.29, 1.82) is 0 Å². The molecule has 0 aliphatic rings. The Labute approximate surface area is 108 Å². The number of carbonyl (C=O) groups excluding carboxylic acids is 1. The van der Waals surface area contributed by atoms with Gasteiger partial charge >= 0.3 is 0 Å². The Morgan fingerprint density at radius 2 is 2.15 bits per heavy atom. The van der Waals surface area contributed by atoms with Gasteiger partial charge in [-0.15, -0.1) is 0 Å². The molecule has 0 aliphatic carbocycles. The molecule has 0 spiro atoms. The number of halogens is 3. The summed E-state index contributed by atoms with van der Waals surface area (Å²) in [6, 6.07) is 5.65. The zero-order valence-corrected chi connectivity index (χ0v) is 12.2. The minimum atomic E-state index is -0.123. The molecule has 1 rings (SSSR count). The maximum absolute atomic E-state index is 11.6. The van der Waals surface area contributed by atoms with Crippen molar-refractivity contribution in [2.24, 2.45) is 0 Å². The monoisotopic (exact) mass is 416 g/mol. The third kappa shape index (κ3) is 3.02. The van der Waals surface area contributed by atoms with E-state index in [0.29, 0.717) is 0 Å². The molecule has 0 fully saturated rings. The summed E-state index contributed by atoms with van der Waals surface area (Å²) in [5, 5.41) is 0. The average Bonchev–Trinajstić information content (AvgIpc) is 2.03. The van der Waals surface area contributed by atoms with Crippen LogP contribution in [0.4, 0.5) is 0 Å². The molecule has 0 N–H and O–H groups in total. The van der Waals surface area contributed by atoms with Crippen molar-refractivity contribution >= 4 is 60.2 Å². The Morgan fingerprint density at radius 1 is 1.54 bits per heavy atom. The van der Waals surface area contributed by atoms with Crippen LogP contribution >= 0.6 is 54.5 Å². The first-order valence-corrected chi connectivity index (χ1v) is 6.44. The predicted octanol–water partition coefficient (Wildman–Crippen LogP) is 4.02. The van der Waals surface area contributed by atoms with Gasteiger partial charge in [0.1, 0.15) is 0 Å². The number of Topliss-reactive ketones (excluding diaryl/α,β-unsaturated/α-hetero) is 1. The lowest BCUT2D eigenvalue weighted by Gasteiger charge is -2.05. The molecule has 0 saturated carbocycles. The van der Waals surface area contributed by atoms with Gasteiger partial charge in [-0.05, 0) is 47.7 Å². The van der Waals surface area contributed by atoms with Crippen molar-refractivity contribution in [2.45, 2.75) is 11.8 Å². The van der Waals surface area contributed by atoms with Crippen LogP contribution in [0.2, 0.25) is 0 Å². The number of hydrogen-bond acceptors (Lipinski definition) is 1. The zero-order chi connectivity index (χ0) is 10.0. The van der Waals surface area contributed by atoms with E-state index in [0.717, 1.165) is 13.6 Å². The molecule has 1 nitrogen and oxygen atoms in total. The van der Waals surface area contributed by atoms with Crippen LogP contribution in [-0.2, 0) is 0 Å². The lowest BCUT2D eigenvalue weighted by molar-refractivity contribution is 0.0995. The van der Waals surface area contributed by atoms with Crippen molar-refractivity contribution in [3.05, 3.63) is 31.8 Å². The highest BCUT2D eigenvalue weighted by Gasteiger charge is 2.14. The summed E-state index contributed by atoms with van der Waals surface area (Å²) in [7, 11) is 0. The molecule has 0 bridgehead atoms. The van der Waals surface area contributed by atoms with Crippen molar-refractivity contribution in [1.82, 2.24) is 0 Å². The average molecular weight is 418 g/mol. The molecule has 1 atom stereocenters. The van der Waals surface area contributed by atoms with Gasteiger partial charge in [0, 0.05) is 13.6 Å². The highest BCUT2D eigenvalue weighted by molar-refractivity contribution is 14.1. The molecule has 0 heterocycles. The molecule has 1 aromatic rings. The molecular weight excluding hydrogens is 411 g/mol. The van der Waals surface area contributed by atoms with Gasteiger partial charge in [0.25, 0.3) is 0 Å². The fourth-order valence-electron chi connectivity index (χ4n) is 0.904. The number of hydrogen-bond donors (Lipinski definition) is 0. The minimum absolute atomic E-state index is 0.122. The minimum Gasteiger partial charge on any atom is -0.293 e. The first kappa shape index (κ1) is 11.7. The van der Waals surface area contributed by atoms with Crippen LogP contribution in [0.15, 0.2) is 22.7 Å². The largest absolute Gasteiger partial charge is 0.293 e. The smallest absolute Gasteiger partial charge is 0.177 e. The van der Waals surface area contributed by atoms with Crippen molar-refractivity contribution < 1.29 is 4.79 Å². The second-order valence-electron chi connectivity index (χ2n) is 2.60. The Hall–Kier alpha value is 0.580. The lowest BCUT2D eigenvalue weighted by atomic mass is 10.1. The number of carbonyl (C=O) groups is 1. The van der Waals surface area contributed by atoms with Crippen LogP contribution in [0.1, 0.15) is 17.3 Å². The lowest BCUT2D eigenvalue weighted by Crippen LogP contribution is -2.11. The van der Waals surface area contributed by atoms with E-state index < -0.39 is 0 Å². The summed E-state index contributed by atoms with van der Waals surface area (Å²) in [6.45, 7) is 1.83. The molecule has 70 valence electrons. The summed E-state index contributed by atoms with van der Waals surface area (Å²) >= 11 is 8.78. The normalized spacial score (nSPS) is 12.6. The van der Waals surface area contributed by atoms with E-state index in [4.69, 9.17) is 0 Å². The molecular formula is C9H7Br2IO. The first-order chi connectivity index (χ1) is 6.02. The van der Waals surface area contributed by atoms with Crippen LogP contribution in [0.5, 0.6) is 0 Å². The van der Waals surface area contributed by atoms with Crippen LogP contribution in [0.3, 0.4) is 0 Å². The van der Waals surface area contributed by atoms with E-state index in [9.17, 15) is 4.79 Å². The van der Waals surface area contributed by atoms with E-state index in [-0.39, 0.29) is 10.6 Å². The Morgan fingerprint density at radius 3 is 2.62 bits per heavy atom. The molecule has 0 saturated heterocycles. The van der Waals surface area contributed by atoms with E-state index in [1.807, 2.05) is 25.1 Å². The second-order valence-corrected chi connectivity index (χ2v) is 6.06. The van der Waals surface area contributed by atoms with Crippen molar-refractivity contribution in [2.75, 3.05) is 0 Å². The molecule has 4 heteroatoms. The summed E-state index contributed by atoms with van der Waals surface area (Å²) < 4.78 is 1.97. The molecule has 1 unspecified atom stereocenters. The van der Waals surface area contributed by atoms with Gasteiger partial charge in [-0.2, -0.15) is 0 Å². The Balaban J connectivity index is 3.09. The number of benzene rings is 1. The highest BCUT2D eigenvalue weighted by atomic mass is 127. The van der Waals surface area contributed by atoms with Gasteiger partial charge in [0.2, 0.25) is 0 Å². The van der Waals surface area contributed by atoms with Crippen LogP contribution in [0, 0.1) is 3.57 Å². The van der Waals surface area contributed by atoms with Gasteiger partial charge < -0.3 is 0 Å². The van der Waals surface area contributed by atoms with Crippen molar-refractivity contribution in [3.8, 4) is 0 Å². The maximum Gasteiger partial charge on any atom is 0.177 e. The first-order valence-electron chi connectivity index (χ1n) is 3.65. The SMILES string of the molecule is CC(Br)C(=O)c1ccc(Br)cc1I. The van der Waals surface area contributed by atoms with E-state index in [2.05, 4.69) is 54.5 Å². The van der Waals surface area contributed by atoms with Gasteiger partial charge in [0.05, 0.1) is 4.83 Å². The third-order valence-corrected chi connectivity index (χ3v) is 3.36. The summed E-state index contributed by atoms with van der Waals surface area (Å²) in [5.74, 6) is 0.122. The maximum atomic E-state index is 11.6. The van der Waals surface area contributed by atoms with Gasteiger partial charge in [0.15, 0.2) is 5.78 Å². The van der Waals surface area contributed by atoms with Crippen molar-refractivity contribution in [3.63, 3.8) is 0 Å². The topological polar surface area (TPSA) is 17.1 Å². The van der Waals surface area contributed by atoms with E-state index in [1.54, 1.807) is 0 Å². The van der Waals surface area contributed by atoms with Crippen LogP contribution in [0.25, 0.3) is 0 Å². The Kier molecular flexibility index (Phi) is 4.38. The predicted molar refractivity (Wildman–Crippen MR) is 69.6 cm³/mol. The number of alkyl halides is 1. The van der Waals surface area contributed by atoms with Gasteiger partial charge in [-0.1, -0.05) is 31.9 Å². The standard InChI is InChI=1S/C9H7Br2IO/c1-5(10)9(13)7-3-2-6(11)4-8(7)12/h2-5H,1H3. The molecule has 0 radical (unpaired) electrons. The van der Waals surface area contributed by atoms with Gasteiger partial charge in [-0.25, -0.2) is 0 Å². The van der Waals surface area contributed by atoms with E-state index >= 15 is 0 Å². The molecule has 0 amide bonds. The van der Waals surface area contributed by atoms with Crippen LogP contribution in [-0.4, -0.2) is 10.6 Å². The van der Waals surface area contributed by atoms with E-state index in [1.165, 1.54) is 0 Å². The summed E-state index contributed by atoms with van der Waals surface area (Å²) in [5.41, 5.74) is 0.771. The fraction of sp³-hybridized carbons (Fsp3) is 0.222. The summed E-state index contributed by atoms with van der Waals surface area (Å²) in [4.78, 5) is 11.5. The molecule has 1 aromatic carbocycles. The van der Waals surface area contributed by atoms with Crippen LogP contribution < -0.4 is 0 Å². The fourth-order valence-corrected chi connectivity index (χ4v) is 2.72. The molecule has 13 heavy (non-hydrogen) atoms. The third-order valence-electron chi connectivity index (χ3n) is 1.56. The molecule has 0 aliphatic heterocycles. The summed E-state index contributed by atoms with van der Waals surface area (Å²) in [6.07, 6.45) is 0. The number of ketones is 1. The highest BCUT2D eigenvalue weighted by Crippen LogP contribution is 2.21. The zero-order valence-electron chi connectivity index (χ0n) is 6.85. The Bertz CT molecular complexity index is 336. The number of rotatable bonds is 2.